The predicted octanol–water partition coefficient (Wildman–Crippen LogP) is 5.03. The van der Waals surface area contributed by atoms with Crippen molar-refractivity contribution in [2.45, 2.75) is 32.5 Å². The fraction of sp³-hybridized carbons (Fsp3) is 0.478. The Morgan fingerprint density at radius 1 is 1.24 bits per heavy atom. The van der Waals surface area contributed by atoms with Gasteiger partial charge in [-0.05, 0) is 37.0 Å². The van der Waals surface area contributed by atoms with Crippen LogP contribution in [0.2, 0.25) is 5.02 Å². The molecule has 0 spiro atoms. The lowest BCUT2D eigenvalue weighted by Gasteiger charge is -2.33. The normalized spacial score (nSPS) is 15.3. The molecule has 0 saturated carbocycles. The summed E-state index contributed by atoms with van der Waals surface area (Å²) in [4.78, 5) is 15.7. The average Bonchev–Trinajstić information content (AvgIpc) is 2.84. The van der Waals surface area contributed by atoms with Crippen molar-refractivity contribution < 1.29 is 45.7 Å². The fourth-order valence-corrected chi connectivity index (χ4v) is 5.27. The van der Waals surface area contributed by atoms with Gasteiger partial charge in [0.05, 0.1) is 18.7 Å². The number of carbonyl (C=O) groups is 1. The first-order valence-corrected chi connectivity index (χ1v) is 13.3. The number of rotatable bonds is 10. The topological polar surface area (TPSA) is 118 Å². The number of nitrogens with zero attached hydrogens (tertiary/aromatic N) is 3. The van der Waals surface area contributed by atoms with E-state index in [2.05, 4.69) is 4.98 Å². The molecule has 38 heavy (non-hydrogen) atoms. The highest BCUT2D eigenvalue weighted by Crippen LogP contribution is 2.37. The second-order valence-electron chi connectivity index (χ2n) is 8.60. The molecular weight excluding hydrogens is 555 g/mol. The monoisotopic (exact) mass is 581 g/mol. The van der Waals surface area contributed by atoms with Crippen molar-refractivity contribution in [3.63, 3.8) is 0 Å². The zero-order valence-corrected chi connectivity index (χ0v) is 22.1. The van der Waals surface area contributed by atoms with E-state index in [1.807, 2.05) is 6.92 Å². The Kier molecular flexibility index (Phi) is 9.68. The second-order valence-corrected chi connectivity index (χ2v) is 10.9. The molecule has 0 bridgehead atoms. The van der Waals surface area contributed by atoms with Crippen molar-refractivity contribution in [1.29, 1.82) is 0 Å². The molecule has 2 aromatic rings. The maximum absolute atomic E-state index is 13.2. The number of piperidine rings is 1. The molecule has 15 heteroatoms. The summed E-state index contributed by atoms with van der Waals surface area (Å²) in [5.41, 5.74) is -1.01. The number of benzene rings is 1. The first-order valence-electron chi connectivity index (χ1n) is 11.5. The van der Waals surface area contributed by atoms with Crippen molar-refractivity contribution in [3.8, 4) is 17.4 Å². The average molecular weight is 582 g/mol. The Labute approximate surface area is 223 Å². The van der Waals surface area contributed by atoms with Crippen LogP contribution in [0.15, 0.2) is 30.5 Å². The van der Waals surface area contributed by atoms with Gasteiger partial charge in [-0.3, -0.25) is 0 Å². The summed E-state index contributed by atoms with van der Waals surface area (Å²) < 4.78 is 82.9. The highest BCUT2D eigenvalue weighted by Gasteiger charge is 2.36. The molecule has 1 saturated heterocycles. The minimum Gasteiger partial charge on any atom is -0.491 e. The summed E-state index contributed by atoms with van der Waals surface area (Å²) in [7, 11) is -2.92. The van der Waals surface area contributed by atoms with E-state index in [4.69, 9.17) is 25.8 Å². The number of hydrogen-bond acceptors (Lipinski definition) is 7. The van der Waals surface area contributed by atoms with Gasteiger partial charge in [-0.25, -0.2) is 9.78 Å². The van der Waals surface area contributed by atoms with Crippen LogP contribution in [0.3, 0.4) is 0 Å². The standard InChI is InChI=1S/C23H27ClF3N3O7S/c1-15-5-7-29(8-6-15)38(33,34)30(22(31)32)14-16-3-4-18(36-10-9-35-2)12-20(16)37-21-19(24)11-17(13-28-21)23(25,26)27/h3-4,11-13,15H,5-10,14H2,1-2H3,(H,31,32). The number of carboxylic acid groups (broad SMARTS) is 1. The highest BCUT2D eigenvalue weighted by molar-refractivity contribution is 7.87. The summed E-state index contributed by atoms with van der Waals surface area (Å²) in [6.45, 7) is 2.10. The van der Waals surface area contributed by atoms with Gasteiger partial charge in [0.1, 0.15) is 23.1 Å². The second kappa shape index (κ2) is 12.4. The van der Waals surface area contributed by atoms with Gasteiger partial charge in [0, 0.05) is 38.0 Å². The zero-order valence-electron chi connectivity index (χ0n) is 20.6. The molecule has 1 aromatic carbocycles. The number of ether oxygens (including phenoxy) is 3. The van der Waals surface area contributed by atoms with E-state index in [0.717, 1.165) is 4.31 Å². The van der Waals surface area contributed by atoms with Gasteiger partial charge < -0.3 is 19.3 Å². The van der Waals surface area contributed by atoms with Crippen LogP contribution in [0.4, 0.5) is 18.0 Å². The number of halogens is 4. The largest absolute Gasteiger partial charge is 0.491 e. The number of hydrogen-bond donors (Lipinski definition) is 1. The van der Waals surface area contributed by atoms with E-state index >= 15 is 0 Å². The molecule has 0 aliphatic carbocycles. The smallest absolute Gasteiger partial charge is 0.422 e. The lowest BCUT2D eigenvalue weighted by atomic mass is 10.0. The zero-order chi connectivity index (χ0) is 28.1. The van der Waals surface area contributed by atoms with Crippen LogP contribution in [-0.2, 0) is 27.7 Å². The SMILES string of the molecule is COCCOc1ccc(CN(C(=O)O)S(=O)(=O)N2CCC(C)CC2)c(Oc2ncc(C(F)(F)F)cc2Cl)c1. The van der Waals surface area contributed by atoms with Crippen LogP contribution in [-0.4, -0.2) is 66.6 Å². The minimum atomic E-state index is -4.68. The van der Waals surface area contributed by atoms with Crippen LogP contribution in [0.25, 0.3) is 0 Å². The van der Waals surface area contributed by atoms with Crippen molar-refractivity contribution in [2.24, 2.45) is 5.92 Å². The Morgan fingerprint density at radius 2 is 1.92 bits per heavy atom. The van der Waals surface area contributed by atoms with Crippen LogP contribution in [0.5, 0.6) is 17.4 Å². The minimum absolute atomic E-state index is 0.0817. The van der Waals surface area contributed by atoms with E-state index < -0.39 is 45.5 Å². The maximum Gasteiger partial charge on any atom is 0.422 e. The third-order valence-corrected chi connectivity index (χ3v) is 7.94. The quantitative estimate of drug-likeness (QED) is 0.388. The Morgan fingerprint density at radius 3 is 2.50 bits per heavy atom. The molecule has 1 fully saturated rings. The number of pyridine rings is 1. The van der Waals surface area contributed by atoms with Gasteiger partial charge in [-0.15, -0.1) is 0 Å². The molecule has 1 amide bonds. The molecule has 1 aliphatic rings. The highest BCUT2D eigenvalue weighted by atomic mass is 35.5. The summed E-state index contributed by atoms with van der Waals surface area (Å²) in [5, 5.41) is 9.33. The molecule has 0 atom stereocenters. The Bertz CT molecular complexity index is 1240. The number of amides is 1. The Hall–Kier alpha value is -2.81. The lowest BCUT2D eigenvalue weighted by molar-refractivity contribution is -0.137. The molecule has 0 radical (unpaired) electrons. The molecule has 1 aliphatic heterocycles. The van der Waals surface area contributed by atoms with E-state index in [0.29, 0.717) is 35.3 Å². The van der Waals surface area contributed by atoms with Crippen molar-refractivity contribution >= 4 is 27.9 Å². The molecule has 1 aromatic heterocycles. The summed E-state index contributed by atoms with van der Waals surface area (Å²) in [5.74, 6) is 0.0532. The van der Waals surface area contributed by atoms with Gasteiger partial charge in [0.2, 0.25) is 5.88 Å². The van der Waals surface area contributed by atoms with E-state index in [1.165, 1.54) is 25.3 Å². The lowest BCUT2D eigenvalue weighted by Crippen LogP contribution is -2.48. The van der Waals surface area contributed by atoms with Gasteiger partial charge in [-0.2, -0.15) is 30.2 Å². The summed E-state index contributed by atoms with van der Waals surface area (Å²) in [6.07, 6.45) is -4.68. The van der Waals surface area contributed by atoms with Gasteiger partial charge in [0.25, 0.3) is 0 Å². The van der Waals surface area contributed by atoms with E-state index in [-0.39, 0.29) is 43.4 Å². The summed E-state index contributed by atoms with van der Waals surface area (Å²) >= 11 is 5.98. The van der Waals surface area contributed by atoms with E-state index in [9.17, 15) is 31.5 Å². The first kappa shape index (κ1) is 29.7. The number of aromatic nitrogens is 1. The number of methoxy groups -OCH3 is 1. The van der Waals surface area contributed by atoms with Crippen LogP contribution < -0.4 is 9.47 Å². The van der Waals surface area contributed by atoms with Crippen molar-refractivity contribution in [3.05, 3.63) is 46.6 Å². The molecular formula is C23H27ClF3N3O7S. The molecule has 1 N–H and O–H groups in total. The van der Waals surface area contributed by atoms with Gasteiger partial charge in [-0.1, -0.05) is 18.5 Å². The molecule has 210 valence electrons. The molecule has 2 heterocycles. The van der Waals surface area contributed by atoms with Gasteiger partial charge in [0.15, 0.2) is 0 Å². The predicted molar refractivity (Wildman–Crippen MR) is 131 cm³/mol. The molecule has 10 nitrogen and oxygen atoms in total. The van der Waals surface area contributed by atoms with Crippen LogP contribution in [0.1, 0.15) is 30.9 Å². The molecule has 0 unspecified atom stereocenters. The van der Waals surface area contributed by atoms with Crippen molar-refractivity contribution in [1.82, 2.24) is 13.6 Å². The maximum atomic E-state index is 13.2. The Balaban J connectivity index is 1.95. The number of alkyl halides is 3. The van der Waals surface area contributed by atoms with Gasteiger partial charge >= 0.3 is 22.5 Å². The molecule has 3 rings (SSSR count). The third-order valence-electron chi connectivity index (χ3n) is 5.81. The van der Waals surface area contributed by atoms with Crippen molar-refractivity contribution in [2.75, 3.05) is 33.4 Å². The van der Waals surface area contributed by atoms with Crippen LogP contribution in [0, 0.1) is 5.92 Å². The summed E-state index contributed by atoms with van der Waals surface area (Å²) in [6, 6.07) is 4.82. The first-order chi connectivity index (χ1) is 17.8. The van der Waals surface area contributed by atoms with E-state index in [1.54, 1.807) is 0 Å². The third kappa shape index (κ3) is 7.40. The van der Waals surface area contributed by atoms with Crippen LogP contribution >= 0.6 is 11.6 Å². The fourth-order valence-electron chi connectivity index (χ4n) is 3.61.